The van der Waals surface area contributed by atoms with Crippen molar-refractivity contribution >= 4 is 17.3 Å². The summed E-state index contributed by atoms with van der Waals surface area (Å²) in [6.07, 6.45) is -0.0631. The maximum Gasteiger partial charge on any atom is 0.230 e. The van der Waals surface area contributed by atoms with Crippen LogP contribution in [0.1, 0.15) is 20.8 Å². The Kier molecular flexibility index (Phi) is 3.75. The van der Waals surface area contributed by atoms with Gasteiger partial charge in [-0.2, -0.15) is 0 Å². The number of hydrogen-bond donors (Lipinski definition) is 2. The third-order valence-corrected chi connectivity index (χ3v) is 3.81. The Bertz CT molecular complexity index is 492. The smallest absolute Gasteiger partial charge is 0.230 e. The molecule has 0 radical (unpaired) electrons. The van der Waals surface area contributed by atoms with E-state index in [-0.39, 0.29) is 35.6 Å². The lowest BCUT2D eigenvalue weighted by Crippen LogP contribution is -2.32. The van der Waals surface area contributed by atoms with Gasteiger partial charge in [-0.25, -0.2) is 4.39 Å². The van der Waals surface area contributed by atoms with Crippen molar-refractivity contribution in [2.45, 2.75) is 33.0 Å². The number of benzene rings is 1. The topological polar surface area (TPSA) is 64.3 Å². The molecule has 1 aliphatic heterocycles. The number of amides is 1. The number of hydrogen-bond acceptors (Lipinski definition) is 3. The first-order valence-corrected chi connectivity index (χ1v) is 6.41. The van der Waals surface area contributed by atoms with Crippen molar-refractivity contribution in [1.82, 2.24) is 0 Å². The largest absolute Gasteiger partial charge is 0.396 e. The van der Waals surface area contributed by atoms with Gasteiger partial charge in [0, 0.05) is 5.69 Å². The normalized spacial score (nSPS) is 30.3. The molecule has 1 saturated heterocycles. The molecule has 0 aromatic heterocycles. The molecule has 3 N–H and O–H groups in total. The minimum absolute atomic E-state index is 0.0231. The summed E-state index contributed by atoms with van der Waals surface area (Å²) in [7, 11) is 0. The molecule has 1 fully saturated rings. The van der Waals surface area contributed by atoms with Gasteiger partial charge in [0.1, 0.15) is 5.82 Å². The van der Waals surface area contributed by atoms with Crippen molar-refractivity contribution < 1.29 is 13.9 Å². The zero-order chi connectivity index (χ0) is 14.2. The zero-order valence-electron chi connectivity index (χ0n) is 11.3. The molecule has 2 rings (SSSR count). The molecule has 1 aromatic carbocycles. The lowest BCUT2D eigenvalue weighted by Gasteiger charge is -2.18. The van der Waals surface area contributed by atoms with Gasteiger partial charge < -0.3 is 15.8 Å². The number of nitrogens with one attached hydrogen (secondary N) is 1. The van der Waals surface area contributed by atoms with E-state index in [1.54, 1.807) is 0 Å². The van der Waals surface area contributed by atoms with E-state index in [1.165, 1.54) is 18.2 Å². The molecular formula is C14H19FN2O2. The number of anilines is 2. The van der Waals surface area contributed by atoms with Gasteiger partial charge in [0.05, 0.1) is 23.8 Å². The van der Waals surface area contributed by atoms with Gasteiger partial charge in [-0.1, -0.05) is 6.92 Å². The van der Waals surface area contributed by atoms with Crippen molar-refractivity contribution in [1.29, 1.82) is 0 Å². The predicted octanol–water partition coefficient (Wildman–Crippen LogP) is 2.41. The van der Waals surface area contributed by atoms with E-state index in [0.29, 0.717) is 5.69 Å². The second-order valence-electron chi connectivity index (χ2n) is 5.16. The average molecular weight is 266 g/mol. The van der Waals surface area contributed by atoms with E-state index in [1.807, 2.05) is 20.8 Å². The van der Waals surface area contributed by atoms with Gasteiger partial charge >= 0.3 is 0 Å². The highest BCUT2D eigenvalue weighted by molar-refractivity contribution is 5.93. The number of nitrogen functional groups attached to an aromatic ring is 1. The van der Waals surface area contributed by atoms with Crippen molar-refractivity contribution in [3.63, 3.8) is 0 Å². The van der Waals surface area contributed by atoms with E-state index in [0.717, 1.165) is 0 Å². The molecule has 1 amide bonds. The molecule has 4 unspecified atom stereocenters. The first-order chi connectivity index (χ1) is 8.90. The molecule has 4 nitrogen and oxygen atoms in total. The van der Waals surface area contributed by atoms with Crippen LogP contribution in [0.15, 0.2) is 18.2 Å². The fourth-order valence-electron chi connectivity index (χ4n) is 2.57. The highest BCUT2D eigenvalue weighted by atomic mass is 19.1. The molecule has 0 bridgehead atoms. The van der Waals surface area contributed by atoms with E-state index in [9.17, 15) is 9.18 Å². The minimum Gasteiger partial charge on any atom is -0.396 e. The molecule has 1 aliphatic rings. The lowest BCUT2D eigenvalue weighted by atomic mass is 9.89. The summed E-state index contributed by atoms with van der Waals surface area (Å²) >= 11 is 0. The van der Waals surface area contributed by atoms with Crippen LogP contribution in [-0.4, -0.2) is 18.1 Å². The summed E-state index contributed by atoms with van der Waals surface area (Å²) in [5.74, 6) is -0.665. The maximum absolute atomic E-state index is 13.1. The average Bonchev–Trinajstić information content (AvgIpc) is 2.58. The first kappa shape index (κ1) is 13.8. The van der Waals surface area contributed by atoms with Crippen LogP contribution < -0.4 is 11.1 Å². The second-order valence-corrected chi connectivity index (χ2v) is 5.16. The molecule has 4 atom stereocenters. The molecule has 0 aliphatic carbocycles. The third kappa shape index (κ3) is 2.71. The summed E-state index contributed by atoms with van der Waals surface area (Å²) in [6, 6.07) is 4.16. The Morgan fingerprint density at radius 2 is 2.00 bits per heavy atom. The van der Waals surface area contributed by atoms with Gasteiger partial charge in [-0.15, -0.1) is 0 Å². The molecular weight excluding hydrogens is 247 g/mol. The maximum atomic E-state index is 13.1. The Hall–Kier alpha value is -1.62. The number of ether oxygens (including phenoxy) is 1. The zero-order valence-corrected chi connectivity index (χ0v) is 11.3. The SMILES string of the molecule is CC1OC(C)C(C(=O)Nc2ccc(F)c(N)c2)C1C. The molecule has 104 valence electrons. The van der Waals surface area contributed by atoms with Crippen LogP contribution in [0.3, 0.4) is 0 Å². The molecule has 0 saturated carbocycles. The Morgan fingerprint density at radius 3 is 2.53 bits per heavy atom. The third-order valence-electron chi connectivity index (χ3n) is 3.81. The van der Waals surface area contributed by atoms with E-state index in [4.69, 9.17) is 10.5 Å². The van der Waals surface area contributed by atoms with Crippen LogP contribution in [0.4, 0.5) is 15.8 Å². The van der Waals surface area contributed by atoms with Gasteiger partial charge in [0.2, 0.25) is 5.91 Å². The van der Waals surface area contributed by atoms with Crippen molar-refractivity contribution in [2.75, 3.05) is 11.1 Å². The second kappa shape index (κ2) is 5.17. The Balaban J connectivity index is 2.10. The van der Waals surface area contributed by atoms with E-state index in [2.05, 4.69) is 5.32 Å². The Morgan fingerprint density at radius 1 is 1.32 bits per heavy atom. The predicted molar refractivity (Wildman–Crippen MR) is 72.1 cm³/mol. The monoisotopic (exact) mass is 266 g/mol. The summed E-state index contributed by atoms with van der Waals surface area (Å²) in [6.45, 7) is 5.85. The van der Waals surface area contributed by atoms with Crippen LogP contribution in [0.5, 0.6) is 0 Å². The summed E-state index contributed by atoms with van der Waals surface area (Å²) in [5.41, 5.74) is 6.00. The van der Waals surface area contributed by atoms with E-state index < -0.39 is 5.82 Å². The van der Waals surface area contributed by atoms with Crippen LogP contribution in [0.2, 0.25) is 0 Å². The van der Waals surface area contributed by atoms with Crippen LogP contribution >= 0.6 is 0 Å². The fraction of sp³-hybridized carbons (Fsp3) is 0.500. The number of nitrogens with two attached hydrogens (primary N) is 1. The quantitative estimate of drug-likeness (QED) is 0.808. The van der Waals surface area contributed by atoms with Crippen molar-refractivity contribution in [3.05, 3.63) is 24.0 Å². The Labute approximate surface area is 112 Å². The van der Waals surface area contributed by atoms with Gasteiger partial charge in [-0.05, 0) is 38.0 Å². The number of carbonyl (C=O) groups excluding carboxylic acids is 1. The molecule has 1 aromatic rings. The standard InChI is InChI=1S/C14H19FN2O2/c1-7-8(2)19-9(3)13(7)14(18)17-10-4-5-11(15)12(16)6-10/h4-9,13H,16H2,1-3H3,(H,17,18). The molecule has 19 heavy (non-hydrogen) atoms. The fourth-order valence-corrected chi connectivity index (χ4v) is 2.57. The van der Waals surface area contributed by atoms with Crippen LogP contribution in [-0.2, 0) is 9.53 Å². The number of halogens is 1. The van der Waals surface area contributed by atoms with Gasteiger partial charge in [-0.3, -0.25) is 4.79 Å². The highest BCUT2D eigenvalue weighted by Gasteiger charge is 2.41. The van der Waals surface area contributed by atoms with Crippen molar-refractivity contribution in [2.24, 2.45) is 11.8 Å². The first-order valence-electron chi connectivity index (χ1n) is 6.41. The van der Waals surface area contributed by atoms with Crippen molar-refractivity contribution in [3.8, 4) is 0 Å². The summed E-state index contributed by atoms with van der Waals surface area (Å²) < 4.78 is 18.7. The minimum atomic E-state index is -0.488. The highest BCUT2D eigenvalue weighted by Crippen LogP contribution is 2.33. The number of rotatable bonds is 2. The van der Waals surface area contributed by atoms with Gasteiger partial charge in [0.25, 0.3) is 0 Å². The lowest BCUT2D eigenvalue weighted by molar-refractivity contribution is -0.121. The summed E-state index contributed by atoms with van der Waals surface area (Å²) in [5, 5.41) is 2.77. The van der Waals surface area contributed by atoms with Gasteiger partial charge in [0.15, 0.2) is 0 Å². The molecule has 1 heterocycles. The summed E-state index contributed by atoms with van der Waals surface area (Å²) in [4.78, 5) is 12.3. The van der Waals surface area contributed by atoms with E-state index >= 15 is 0 Å². The van der Waals surface area contributed by atoms with Crippen LogP contribution in [0, 0.1) is 17.7 Å². The number of carbonyl (C=O) groups is 1. The molecule has 0 spiro atoms. The molecule has 5 heteroatoms. The van der Waals surface area contributed by atoms with Crippen LogP contribution in [0.25, 0.3) is 0 Å².